The number of hydrogen-bond donors (Lipinski definition) is 7. The van der Waals surface area contributed by atoms with Crippen LogP contribution in [0.1, 0.15) is 83.1 Å². The summed E-state index contributed by atoms with van der Waals surface area (Å²) in [6, 6.07) is 19.2. The van der Waals surface area contributed by atoms with Gasteiger partial charge in [0.25, 0.3) is 0 Å². The molecule has 4 heterocycles. The minimum absolute atomic E-state index is 0.0122. The van der Waals surface area contributed by atoms with E-state index in [9.17, 15) is 43.5 Å². The van der Waals surface area contributed by atoms with Crippen LogP contribution < -0.4 is 32.7 Å². The number of rotatable bonds is 12. The molecule has 0 aliphatic carbocycles. The third-order valence-corrected chi connectivity index (χ3v) is 16.9. The van der Waals surface area contributed by atoms with E-state index in [-0.39, 0.29) is 87.4 Å². The van der Waals surface area contributed by atoms with Crippen molar-refractivity contribution in [3.05, 3.63) is 137 Å². The Balaban J connectivity index is 1.17. The number of amides is 9. The first-order valence-electron chi connectivity index (χ1n) is 27.9. The van der Waals surface area contributed by atoms with E-state index in [1.165, 1.54) is 50.9 Å². The molecule has 9 N–H and O–H groups in total. The van der Waals surface area contributed by atoms with Gasteiger partial charge < -0.3 is 62.2 Å². The molecule has 434 valence electrons. The highest BCUT2D eigenvalue weighted by Gasteiger charge is 2.46. The summed E-state index contributed by atoms with van der Waals surface area (Å²) >= 11 is 1.04. The Morgan fingerprint density at radius 3 is 1.82 bits per heavy atom. The van der Waals surface area contributed by atoms with Crippen molar-refractivity contribution in [2.75, 3.05) is 38.2 Å². The number of hydrogen-bond acceptors (Lipinski definition) is 13. The van der Waals surface area contributed by atoms with E-state index in [1.807, 2.05) is 42.5 Å². The fourth-order valence-corrected chi connectivity index (χ4v) is 12.1. The Kier molecular flexibility index (Phi) is 20.5. The van der Waals surface area contributed by atoms with Crippen LogP contribution in [0.25, 0.3) is 0 Å². The normalized spacial score (nSPS) is 24.7. The second kappa shape index (κ2) is 28.0. The van der Waals surface area contributed by atoms with E-state index in [0.717, 1.165) is 28.5 Å². The van der Waals surface area contributed by atoms with Crippen LogP contribution in [0.4, 0.5) is 0 Å². The number of carbonyl (C=O) groups is 10. The number of nitrogens with zero attached hydrogens (tertiary/aromatic N) is 4. The lowest BCUT2D eigenvalue weighted by Gasteiger charge is -2.40. The highest BCUT2D eigenvalue weighted by Crippen LogP contribution is 2.30. The molecule has 8 atom stereocenters. The second-order valence-corrected chi connectivity index (χ2v) is 22.4. The standard InChI is InChI=1S/C60H72N10O11S/c1-67-51(31-37-11-3-2-4-12-37)60(81)68-27-9-16-48(68)56(77)65-47(30-39-20-24-44(72)25-21-39)55(76)64-45(15-7-8-26-61)58(79)69-28-10-17-49(69)59(80)70-33-42-14-6-5-13-41(42)32-50(70)57(78)66-46(29-38-18-22-40(23-19-38)53(62)74)54(75)63-43(34-71)35-82-36-52(67)73/h2-6,11-14,18-25,34,43,45-51,72H,7-10,15-17,26-33,35-36,61H2,1H3,(H2,62,74)(H,63,75)(H,64,76)(H,65,77)(H,66,78)/t43-,45+,46+,47+,48+,49+,50+,51+/m1/s1. The molecule has 82 heavy (non-hydrogen) atoms. The van der Waals surface area contributed by atoms with Crippen LogP contribution in [0.2, 0.25) is 0 Å². The Morgan fingerprint density at radius 2 is 1.18 bits per heavy atom. The number of benzene rings is 4. The highest BCUT2D eigenvalue weighted by atomic mass is 32.2. The van der Waals surface area contributed by atoms with Gasteiger partial charge in [-0.15, -0.1) is 11.8 Å². The van der Waals surface area contributed by atoms with Crippen molar-refractivity contribution in [2.24, 2.45) is 11.5 Å². The molecule has 3 saturated heterocycles. The van der Waals surface area contributed by atoms with E-state index in [4.69, 9.17) is 11.5 Å². The monoisotopic (exact) mass is 1140 g/mol. The predicted molar refractivity (Wildman–Crippen MR) is 305 cm³/mol. The molecule has 0 aromatic heterocycles. The molecule has 0 spiro atoms. The molecule has 8 rings (SSSR count). The second-order valence-electron chi connectivity index (χ2n) is 21.4. The fourth-order valence-electron chi connectivity index (χ4n) is 11.2. The van der Waals surface area contributed by atoms with Crippen molar-refractivity contribution >= 4 is 71.2 Å². The van der Waals surface area contributed by atoms with Crippen molar-refractivity contribution in [3.8, 4) is 5.75 Å². The van der Waals surface area contributed by atoms with E-state index in [2.05, 4.69) is 21.3 Å². The summed E-state index contributed by atoms with van der Waals surface area (Å²) in [6.45, 7) is 0.610. The lowest BCUT2D eigenvalue weighted by Crippen LogP contribution is -2.61. The fraction of sp³-hybridized carbons (Fsp3) is 0.433. The summed E-state index contributed by atoms with van der Waals surface area (Å²) in [6.07, 6.45) is 2.84. The number of phenols is 1. The van der Waals surface area contributed by atoms with Gasteiger partial charge in [-0.3, -0.25) is 43.2 Å². The number of aromatic hydroxyl groups is 1. The molecule has 0 saturated carbocycles. The smallest absolute Gasteiger partial charge is 0.248 e. The number of aldehydes is 1. The summed E-state index contributed by atoms with van der Waals surface area (Å²) in [5.74, 6) is -5.84. The SMILES string of the molecule is CN1C(=O)CSC[C@@H](C=O)NC(=O)[C@H](Cc2ccc(C(N)=O)cc2)NC(=O)[C@@H]2Cc3ccccc3CN2C(=O)[C@@H]2CCCN2C(=O)[C@H](CCCCN)NC(=O)[C@H](Cc2ccc(O)cc2)NC(=O)[C@@H]2CCCN2C(=O)[C@@H]1Cc1ccccc1. The molecular formula is C60H72N10O11S. The van der Waals surface area contributed by atoms with Gasteiger partial charge in [0.15, 0.2) is 0 Å². The van der Waals surface area contributed by atoms with E-state index < -0.39 is 101 Å². The van der Waals surface area contributed by atoms with E-state index in [1.54, 1.807) is 36.4 Å². The van der Waals surface area contributed by atoms with Gasteiger partial charge in [-0.2, -0.15) is 0 Å². The Labute approximate surface area is 480 Å². The van der Waals surface area contributed by atoms with Gasteiger partial charge in [-0.05, 0) is 104 Å². The van der Waals surface area contributed by atoms with Gasteiger partial charge in [-0.1, -0.05) is 78.9 Å². The number of carbonyl (C=O) groups excluding carboxylic acids is 10. The molecular weight excluding hydrogens is 1070 g/mol. The first-order valence-corrected chi connectivity index (χ1v) is 29.1. The Morgan fingerprint density at radius 1 is 0.622 bits per heavy atom. The van der Waals surface area contributed by atoms with Gasteiger partial charge in [0, 0.05) is 63.7 Å². The number of fused-ring (bicyclic) bond motifs is 4. The summed E-state index contributed by atoms with van der Waals surface area (Å²) in [5, 5.41) is 21.6. The van der Waals surface area contributed by atoms with Gasteiger partial charge >= 0.3 is 0 Å². The van der Waals surface area contributed by atoms with E-state index >= 15 is 9.59 Å². The van der Waals surface area contributed by atoms with Crippen molar-refractivity contribution in [3.63, 3.8) is 0 Å². The van der Waals surface area contributed by atoms with Crippen LogP contribution in [-0.4, -0.2) is 171 Å². The topological polar surface area (TPSA) is 304 Å². The maximum Gasteiger partial charge on any atom is 0.248 e. The number of nitrogens with two attached hydrogens (primary N) is 2. The zero-order valence-corrected chi connectivity index (χ0v) is 46.7. The van der Waals surface area contributed by atoms with Crippen LogP contribution in [-0.2, 0) is 75.4 Å². The van der Waals surface area contributed by atoms with Crippen molar-refractivity contribution < 1.29 is 53.1 Å². The average Bonchev–Trinajstić information content (AvgIpc) is 4.20. The lowest BCUT2D eigenvalue weighted by molar-refractivity contribution is -0.150. The van der Waals surface area contributed by atoms with Crippen LogP contribution in [0.5, 0.6) is 5.75 Å². The minimum atomic E-state index is -1.34. The zero-order chi connectivity index (χ0) is 58.5. The first kappa shape index (κ1) is 60.0. The molecule has 4 aliphatic heterocycles. The average molecular weight is 1140 g/mol. The van der Waals surface area contributed by atoms with Crippen LogP contribution >= 0.6 is 11.8 Å². The first-order chi connectivity index (χ1) is 39.5. The number of thioether (sulfide) groups is 1. The Bertz CT molecular complexity index is 2990. The number of unbranched alkanes of at least 4 members (excludes halogenated alkanes) is 1. The molecule has 3 fully saturated rings. The number of nitrogens with one attached hydrogen (secondary N) is 4. The maximum atomic E-state index is 15.2. The van der Waals surface area contributed by atoms with Crippen LogP contribution in [0, 0.1) is 0 Å². The van der Waals surface area contributed by atoms with Crippen molar-refractivity contribution in [1.82, 2.24) is 40.9 Å². The van der Waals surface area contributed by atoms with Gasteiger partial charge in [-0.25, -0.2) is 0 Å². The van der Waals surface area contributed by atoms with Crippen molar-refractivity contribution in [2.45, 2.75) is 126 Å². The minimum Gasteiger partial charge on any atom is -0.508 e. The molecule has 0 radical (unpaired) electrons. The largest absolute Gasteiger partial charge is 0.508 e. The molecule has 21 nitrogen and oxygen atoms in total. The molecule has 9 amide bonds. The number of phenolic OH excluding ortho intramolecular Hbond substituents is 1. The third kappa shape index (κ3) is 14.9. The molecule has 0 bridgehead atoms. The summed E-state index contributed by atoms with van der Waals surface area (Å²) in [5.41, 5.74) is 15.0. The summed E-state index contributed by atoms with van der Waals surface area (Å²) in [7, 11) is 1.49. The van der Waals surface area contributed by atoms with E-state index in [0.29, 0.717) is 49.6 Å². The van der Waals surface area contributed by atoms with Crippen molar-refractivity contribution in [1.29, 1.82) is 0 Å². The molecule has 22 heteroatoms. The zero-order valence-electron chi connectivity index (χ0n) is 45.9. The summed E-state index contributed by atoms with van der Waals surface area (Å²) in [4.78, 5) is 149. The molecule has 4 aromatic carbocycles. The van der Waals surface area contributed by atoms with Gasteiger partial charge in [0.1, 0.15) is 54.3 Å². The molecule has 4 aromatic rings. The third-order valence-electron chi connectivity index (χ3n) is 15.8. The predicted octanol–water partition coefficient (Wildman–Crippen LogP) is 1.30. The van der Waals surface area contributed by atoms with Crippen LogP contribution in [0.3, 0.4) is 0 Å². The maximum absolute atomic E-state index is 15.2. The Hall–Kier alpha value is -8.11. The number of primary amides is 1. The molecule has 0 unspecified atom stereocenters. The van der Waals surface area contributed by atoms with Gasteiger partial charge in [0.05, 0.1) is 11.8 Å². The molecule has 4 aliphatic rings. The highest BCUT2D eigenvalue weighted by molar-refractivity contribution is 8.00. The summed E-state index contributed by atoms with van der Waals surface area (Å²) < 4.78 is 0. The quantitative estimate of drug-likeness (QED) is 0.0779. The number of likely N-dealkylation sites (N-methyl/N-ethyl adjacent to an activating group) is 1. The van der Waals surface area contributed by atoms with Gasteiger partial charge in [0.2, 0.25) is 53.2 Å². The lowest BCUT2D eigenvalue weighted by atomic mass is 9.92. The van der Waals surface area contributed by atoms with Crippen LogP contribution in [0.15, 0.2) is 103 Å².